The van der Waals surface area contributed by atoms with Gasteiger partial charge >= 0.3 is 5.97 Å². The summed E-state index contributed by atoms with van der Waals surface area (Å²) in [6.45, 7) is 0.151. The second kappa shape index (κ2) is 8.15. The maximum absolute atomic E-state index is 12.4. The van der Waals surface area contributed by atoms with E-state index in [2.05, 4.69) is 0 Å². The summed E-state index contributed by atoms with van der Waals surface area (Å²) >= 11 is 6.09. The predicted octanol–water partition coefficient (Wildman–Crippen LogP) is 2.38. The largest absolute Gasteiger partial charge is 0.504 e. The number of aliphatic carboxylic acids is 1. The van der Waals surface area contributed by atoms with Crippen LogP contribution in [0.1, 0.15) is 18.4 Å². The fourth-order valence-corrected chi connectivity index (χ4v) is 3.51. The molecule has 0 atom stereocenters. The van der Waals surface area contributed by atoms with Crippen LogP contribution in [0.3, 0.4) is 0 Å². The zero-order valence-corrected chi connectivity index (χ0v) is 15.1. The normalized spacial score (nSPS) is 15.6. The van der Waals surface area contributed by atoms with Gasteiger partial charge in [0.25, 0.3) is 11.6 Å². The van der Waals surface area contributed by atoms with E-state index in [0.29, 0.717) is 0 Å². The fraction of sp³-hybridized carbons (Fsp3) is 0.267. The van der Waals surface area contributed by atoms with Gasteiger partial charge in [-0.3, -0.25) is 24.6 Å². The van der Waals surface area contributed by atoms with Crippen molar-refractivity contribution in [1.29, 1.82) is 0 Å². The molecule has 26 heavy (non-hydrogen) atoms. The zero-order valence-electron chi connectivity index (χ0n) is 13.5. The highest BCUT2D eigenvalue weighted by Crippen LogP contribution is 2.39. The maximum atomic E-state index is 12.4. The van der Waals surface area contributed by atoms with Gasteiger partial charge in [-0.15, -0.1) is 0 Å². The number of methoxy groups -OCH3 is 1. The molecular formula is C15H14N2O7S2. The Bertz CT molecular complexity index is 822. The molecule has 1 saturated heterocycles. The third-order valence-electron chi connectivity index (χ3n) is 3.45. The number of aromatic hydroxyl groups is 1. The van der Waals surface area contributed by atoms with Crippen molar-refractivity contribution in [2.24, 2.45) is 0 Å². The Kier molecular flexibility index (Phi) is 6.16. The minimum absolute atomic E-state index is 0.0436. The lowest BCUT2D eigenvalue weighted by molar-refractivity contribution is -0.385. The molecular weight excluding hydrogens is 384 g/mol. The van der Waals surface area contributed by atoms with Gasteiger partial charge in [-0.2, -0.15) is 0 Å². The van der Waals surface area contributed by atoms with Crippen LogP contribution >= 0.6 is 24.0 Å². The summed E-state index contributed by atoms with van der Waals surface area (Å²) in [6.07, 6.45) is 1.44. The topological polar surface area (TPSA) is 130 Å². The van der Waals surface area contributed by atoms with Crippen LogP contribution in [0, 0.1) is 10.1 Å². The van der Waals surface area contributed by atoms with Crippen LogP contribution in [0.15, 0.2) is 17.0 Å². The minimum atomic E-state index is -0.973. The average molecular weight is 398 g/mol. The van der Waals surface area contributed by atoms with Gasteiger partial charge in [0.2, 0.25) is 0 Å². The van der Waals surface area contributed by atoms with Gasteiger partial charge in [-0.1, -0.05) is 24.0 Å². The highest BCUT2D eigenvalue weighted by atomic mass is 32.2. The third kappa shape index (κ3) is 4.29. The molecule has 2 N–H and O–H groups in total. The first-order chi connectivity index (χ1) is 12.2. The van der Waals surface area contributed by atoms with Crippen molar-refractivity contribution in [2.75, 3.05) is 13.7 Å². The van der Waals surface area contributed by atoms with Crippen molar-refractivity contribution < 1.29 is 29.5 Å². The first kappa shape index (κ1) is 19.7. The highest BCUT2D eigenvalue weighted by molar-refractivity contribution is 8.26. The molecule has 1 fully saturated rings. The van der Waals surface area contributed by atoms with Gasteiger partial charge in [0.1, 0.15) is 4.32 Å². The third-order valence-corrected chi connectivity index (χ3v) is 4.83. The van der Waals surface area contributed by atoms with Crippen LogP contribution in [0.4, 0.5) is 5.69 Å². The van der Waals surface area contributed by atoms with E-state index < -0.39 is 16.8 Å². The number of thiocarbonyl (C=S) groups is 1. The van der Waals surface area contributed by atoms with Crippen LogP contribution in [-0.4, -0.2) is 49.9 Å². The molecule has 1 aromatic carbocycles. The molecule has 0 spiro atoms. The van der Waals surface area contributed by atoms with Gasteiger partial charge < -0.3 is 14.9 Å². The first-order valence-corrected chi connectivity index (χ1v) is 8.49. The Morgan fingerprint density at radius 2 is 2.19 bits per heavy atom. The molecule has 0 saturated carbocycles. The number of nitro benzene ring substituents is 1. The summed E-state index contributed by atoms with van der Waals surface area (Å²) in [7, 11) is 1.25. The Labute approximate surface area is 157 Å². The second-order valence-electron chi connectivity index (χ2n) is 5.17. The number of nitrogens with zero attached hydrogens (tertiary/aromatic N) is 2. The zero-order chi connectivity index (χ0) is 19.4. The molecule has 2 rings (SSSR count). The lowest BCUT2D eigenvalue weighted by Gasteiger charge is -2.13. The number of non-ortho nitro benzene ring substituents is 1. The number of hydrogen-bond acceptors (Lipinski definition) is 8. The van der Waals surface area contributed by atoms with E-state index in [-0.39, 0.29) is 51.4 Å². The number of amides is 1. The van der Waals surface area contributed by atoms with E-state index in [4.69, 9.17) is 22.1 Å². The molecule has 138 valence electrons. The smallest absolute Gasteiger partial charge is 0.303 e. The van der Waals surface area contributed by atoms with E-state index in [1.807, 2.05) is 0 Å². The standard InChI is InChI=1S/C15H14N2O7S2/c1-24-10-7-9(17(22)23)5-8(13(10)20)6-11-14(21)16(15(25)26-11)4-2-3-12(18)19/h5-7,20H,2-4H2,1H3,(H,18,19). The Morgan fingerprint density at radius 3 is 2.77 bits per heavy atom. The van der Waals surface area contributed by atoms with Crippen LogP contribution in [0.5, 0.6) is 11.5 Å². The van der Waals surface area contributed by atoms with E-state index in [1.165, 1.54) is 18.1 Å². The Balaban J connectivity index is 2.31. The van der Waals surface area contributed by atoms with Crippen LogP contribution in [-0.2, 0) is 9.59 Å². The number of nitro groups is 1. The number of ether oxygens (including phenoxy) is 1. The number of carboxylic acids is 1. The molecule has 0 aromatic heterocycles. The van der Waals surface area contributed by atoms with Crippen molar-refractivity contribution in [3.05, 3.63) is 32.7 Å². The predicted molar refractivity (Wildman–Crippen MR) is 98.1 cm³/mol. The molecule has 0 aliphatic carbocycles. The molecule has 1 aliphatic rings. The molecule has 9 nitrogen and oxygen atoms in total. The number of rotatable bonds is 7. The summed E-state index contributed by atoms with van der Waals surface area (Å²) in [6, 6.07) is 2.19. The molecule has 1 aromatic rings. The molecule has 0 bridgehead atoms. The van der Waals surface area contributed by atoms with E-state index in [1.54, 1.807) is 0 Å². The van der Waals surface area contributed by atoms with Crippen molar-refractivity contribution in [3.8, 4) is 11.5 Å². The van der Waals surface area contributed by atoms with Gasteiger partial charge in [0.05, 0.1) is 23.0 Å². The number of benzene rings is 1. The summed E-state index contributed by atoms with van der Waals surface area (Å²) in [5, 5.41) is 29.8. The van der Waals surface area contributed by atoms with Gasteiger partial charge in [0.15, 0.2) is 11.5 Å². The number of carbonyl (C=O) groups excluding carboxylic acids is 1. The minimum Gasteiger partial charge on any atom is -0.504 e. The van der Waals surface area contributed by atoms with Crippen molar-refractivity contribution in [1.82, 2.24) is 4.90 Å². The summed E-state index contributed by atoms with van der Waals surface area (Å²) in [5.74, 6) is -1.86. The lowest BCUT2D eigenvalue weighted by Crippen LogP contribution is -2.29. The summed E-state index contributed by atoms with van der Waals surface area (Å²) in [4.78, 5) is 34.8. The highest BCUT2D eigenvalue weighted by Gasteiger charge is 2.32. The molecule has 1 heterocycles. The van der Waals surface area contributed by atoms with E-state index in [9.17, 15) is 24.8 Å². The number of phenolic OH excluding ortho intramolecular Hbond substituents is 1. The maximum Gasteiger partial charge on any atom is 0.303 e. The average Bonchev–Trinajstić information content (AvgIpc) is 2.83. The van der Waals surface area contributed by atoms with Crippen LogP contribution < -0.4 is 4.74 Å². The van der Waals surface area contributed by atoms with E-state index in [0.717, 1.165) is 23.9 Å². The van der Waals surface area contributed by atoms with Crippen LogP contribution in [0.2, 0.25) is 0 Å². The lowest BCUT2D eigenvalue weighted by atomic mass is 10.1. The molecule has 1 aliphatic heterocycles. The number of carbonyl (C=O) groups is 2. The molecule has 11 heteroatoms. The van der Waals surface area contributed by atoms with Gasteiger partial charge in [-0.05, 0) is 12.5 Å². The van der Waals surface area contributed by atoms with Gasteiger partial charge in [0, 0.05) is 24.6 Å². The molecule has 0 unspecified atom stereocenters. The monoisotopic (exact) mass is 398 g/mol. The number of thioether (sulfide) groups is 1. The Morgan fingerprint density at radius 1 is 1.50 bits per heavy atom. The second-order valence-corrected chi connectivity index (χ2v) is 6.85. The van der Waals surface area contributed by atoms with Crippen molar-refractivity contribution in [2.45, 2.75) is 12.8 Å². The number of carboxylic acid groups (broad SMARTS) is 1. The SMILES string of the molecule is COc1cc([N+](=O)[O-])cc(C=C2SC(=S)N(CCCC(=O)O)C2=O)c1O. The van der Waals surface area contributed by atoms with Crippen LogP contribution in [0.25, 0.3) is 6.08 Å². The summed E-state index contributed by atoms with van der Waals surface area (Å²) in [5.41, 5.74) is -0.259. The first-order valence-electron chi connectivity index (χ1n) is 7.27. The van der Waals surface area contributed by atoms with E-state index >= 15 is 0 Å². The van der Waals surface area contributed by atoms with Gasteiger partial charge in [-0.25, -0.2) is 0 Å². The molecule has 0 radical (unpaired) electrons. The van der Waals surface area contributed by atoms with Crippen molar-refractivity contribution >= 4 is 51.9 Å². The fourth-order valence-electron chi connectivity index (χ4n) is 2.21. The molecule has 1 amide bonds. The number of hydrogen-bond donors (Lipinski definition) is 2. The number of phenols is 1. The summed E-state index contributed by atoms with van der Waals surface area (Å²) < 4.78 is 5.17. The van der Waals surface area contributed by atoms with Crippen molar-refractivity contribution in [3.63, 3.8) is 0 Å². The Hall–Kier alpha value is -2.66. The quantitative estimate of drug-likeness (QED) is 0.307.